The number of carboxylic acids is 1. The number of carbonyl (C=O) groups excluding carboxylic acids is 1. The van der Waals surface area contributed by atoms with E-state index in [-0.39, 0.29) is 5.70 Å². The molecule has 0 heterocycles. The summed E-state index contributed by atoms with van der Waals surface area (Å²) in [4.78, 5) is 24.0. The molecule has 0 aliphatic heterocycles. The first-order valence-electron chi connectivity index (χ1n) is 9.12. The van der Waals surface area contributed by atoms with Crippen molar-refractivity contribution < 1.29 is 19.4 Å². The van der Waals surface area contributed by atoms with Crippen LogP contribution in [0.1, 0.15) is 27.0 Å². The highest BCUT2D eigenvalue weighted by atomic mass is 16.5. The largest absolute Gasteiger partial charge is 0.488 e. The Morgan fingerprint density at radius 3 is 2.31 bits per heavy atom. The monoisotopic (exact) mass is 387 g/mol. The lowest BCUT2D eigenvalue weighted by atomic mass is 10.1. The van der Waals surface area contributed by atoms with Crippen LogP contribution in [0, 0.1) is 6.92 Å². The van der Waals surface area contributed by atoms with Crippen molar-refractivity contribution in [3.8, 4) is 5.75 Å². The van der Waals surface area contributed by atoms with Crippen LogP contribution in [0.5, 0.6) is 5.75 Å². The number of aliphatic carboxylic acids is 1. The number of aryl methyl sites for hydroxylation is 1. The van der Waals surface area contributed by atoms with Gasteiger partial charge >= 0.3 is 5.97 Å². The molecule has 0 aromatic heterocycles. The first kappa shape index (κ1) is 19.9. The van der Waals surface area contributed by atoms with Crippen LogP contribution in [0.2, 0.25) is 0 Å². The third kappa shape index (κ3) is 5.32. The van der Waals surface area contributed by atoms with Crippen LogP contribution >= 0.6 is 0 Å². The van der Waals surface area contributed by atoms with Gasteiger partial charge in [-0.1, -0.05) is 60.7 Å². The van der Waals surface area contributed by atoms with Crippen molar-refractivity contribution in [2.45, 2.75) is 13.5 Å². The third-order valence-corrected chi connectivity index (χ3v) is 4.38. The predicted octanol–water partition coefficient (Wildman–Crippen LogP) is 4.43. The average Bonchev–Trinajstić information content (AvgIpc) is 2.74. The van der Waals surface area contributed by atoms with Gasteiger partial charge in [0.25, 0.3) is 5.91 Å². The van der Waals surface area contributed by atoms with Crippen LogP contribution in [0.25, 0.3) is 6.08 Å². The number of carbonyl (C=O) groups is 2. The van der Waals surface area contributed by atoms with Crippen LogP contribution < -0.4 is 10.1 Å². The maximum absolute atomic E-state index is 12.3. The van der Waals surface area contributed by atoms with E-state index in [1.165, 1.54) is 6.08 Å². The molecule has 0 fully saturated rings. The van der Waals surface area contributed by atoms with Crippen molar-refractivity contribution in [1.29, 1.82) is 0 Å². The molecule has 29 heavy (non-hydrogen) atoms. The fraction of sp³-hybridized carbons (Fsp3) is 0.0833. The summed E-state index contributed by atoms with van der Waals surface area (Å²) >= 11 is 0. The summed E-state index contributed by atoms with van der Waals surface area (Å²) in [5.74, 6) is -1.19. The number of carboxylic acid groups (broad SMARTS) is 1. The lowest BCUT2D eigenvalue weighted by Crippen LogP contribution is -2.27. The Bertz CT molecular complexity index is 1040. The Labute approximate surface area is 169 Å². The van der Waals surface area contributed by atoms with E-state index in [2.05, 4.69) is 5.32 Å². The molecule has 0 atom stereocenters. The first-order chi connectivity index (χ1) is 14.0. The van der Waals surface area contributed by atoms with E-state index in [1.54, 1.807) is 48.5 Å². The molecule has 5 heteroatoms. The fourth-order valence-corrected chi connectivity index (χ4v) is 2.75. The van der Waals surface area contributed by atoms with Gasteiger partial charge in [-0.05, 0) is 42.3 Å². The van der Waals surface area contributed by atoms with Gasteiger partial charge in [0.2, 0.25) is 0 Å². The minimum atomic E-state index is -1.23. The molecular formula is C24H21NO4. The highest BCUT2D eigenvalue weighted by Gasteiger charge is 2.14. The number of benzene rings is 3. The van der Waals surface area contributed by atoms with Gasteiger partial charge in [0.05, 0.1) is 0 Å². The Balaban J connectivity index is 1.82. The summed E-state index contributed by atoms with van der Waals surface area (Å²) in [6, 6.07) is 23.5. The lowest BCUT2D eigenvalue weighted by Gasteiger charge is -2.12. The van der Waals surface area contributed by atoms with Gasteiger partial charge in [0.15, 0.2) is 0 Å². The zero-order valence-corrected chi connectivity index (χ0v) is 16.0. The number of para-hydroxylation sites is 1. The summed E-state index contributed by atoms with van der Waals surface area (Å²) < 4.78 is 5.92. The molecule has 146 valence electrons. The molecule has 2 N–H and O–H groups in total. The van der Waals surface area contributed by atoms with Crippen LogP contribution in [0.4, 0.5) is 0 Å². The van der Waals surface area contributed by atoms with Crippen molar-refractivity contribution in [2.75, 3.05) is 0 Å². The molecule has 1 amide bonds. The minimum absolute atomic E-state index is 0.231. The molecule has 3 aromatic carbocycles. The fourth-order valence-electron chi connectivity index (χ4n) is 2.75. The van der Waals surface area contributed by atoms with E-state index in [9.17, 15) is 14.7 Å². The first-order valence-corrected chi connectivity index (χ1v) is 9.12. The zero-order valence-electron chi connectivity index (χ0n) is 16.0. The number of amides is 1. The van der Waals surface area contributed by atoms with Gasteiger partial charge in [-0.25, -0.2) is 4.79 Å². The average molecular weight is 387 g/mol. The molecule has 0 spiro atoms. The molecule has 0 saturated heterocycles. The topological polar surface area (TPSA) is 75.6 Å². The summed E-state index contributed by atoms with van der Waals surface area (Å²) in [5, 5.41) is 12.0. The van der Waals surface area contributed by atoms with Gasteiger partial charge in [-0.2, -0.15) is 0 Å². The standard InChI is InChI=1S/C24H21NO4/c1-17-9-5-6-13-20(17)16-29-22-14-8-7-12-19(22)15-21(24(27)28)25-23(26)18-10-3-2-4-11-18/h2-15H,16H2,1H3,(H,25,26)(H,27,28)/b21-15+. The maximum atomic E-state index is 12.3. The van der Waals surface area contributed by atoms with E-state index < -0.39 is 11.9 Å². The Hall–Kier alpha value is -3.86. The van der Waals surface area contributed by atoms with E-state index in [1.807, 2.05) is 37.3 Å². The van der Waals surface area contributed by atoms with Gasteiger partial charge in [0.1, 0.15) is 18.1 Å². The maximum Gasteiger partial charge on any atom is 0.352 e. The van der Waals surface area contributed by atoms with Crippen LogP contribution in [0.15, 0.2) is 84.6 Å². The van der Waals surface area contributed by atoms with Crippen molar-refractivity contribution in [3.05, 3.63) is 107 Å². The van der Waals surface area contributed by atoms with Gasteiger partial charge in [-0.3, -0.25) is 4.79 Å². The minimum Gasteiger partial charge on any atom is -0.488 e. The number of hydrogen-bond donors (Lipinski definition) is 2. The Morgan fingerprint density at radius 1 is 0.931 bits per heavy atom. The normalized spacial score (nSPS) is 11.0. The van der Waals surface area contributed by atoms with E-state index >= 15 is 0 Å². The second-order valence-electron chi connectivity index (χ2n) is 6.44. The quantitative estimate of drug-likeness (QED) is 0.588. The van der Waals surface area contributed by atoms with Gasteiger partial charge in [0, 0.05) is 11.1 Å². The summed E-state index contributed by atoms with van der Waals surface area (Å²) in [6.45, 7) is 2.36. The molecule has 0 unspecified atom stereocenters. The van der Waals surface area contributed by atoms with Crippen molar-refractivity contribution in [3.63, 3.8) is 0 Å². The molecular weight excluding hydrogens is 366 g/mol. The summed E-state index contributed by atoms with van der Waals surface area (Å²) in [6.07, 6.45) is 1.40. The molecule has 3 aromatic rings. The molecule has 3 rings (SSSR count). The molecule has 0 bridgehead atoms. The van der Waals surface area contributed by atoms with Gasteiger partial charge in [-0.15, -0.1) is 0 Å². The summed E-state index contributed by atoms with van der Waals surface area (Å²) in [7, 11) is 0. The van der Waals surface area contributed by atoms with Crippen LogP contribution in [-0.2, 0) is 11.4 Å². The number of hydrogen-bond acceptors (Lipinski definition) is 3. The highest BCUT2D eigenvalue weighted by Crippen LogP contribution is 2.22. The van der Waals surface area contributed by atoms with Crippen molar-refractivity contribution in [1.82, 2.24) is 5.32 Å². The smallest absolute Gasteiger partial charge is 0.352 e. The van der Waals surface area contributed by atoms with Crippen molar-refractivity contribution >= 4 is 18.0 Å². The third-order valence-electron chi connectivity index (χ3n) is 4.38. The predicted molar refractivity (Wildman–Crippen MR) is 111 cm³/mol. The molecule has 0 saturated carbocycles. The SMILES string of the molecule is Cc1ccccc1COc1ccccc1/C=C(/NC(=O)c1ccccc1)C(=O)O. The molecule has 0 aliphatic carbocycles. The van der Waals surface area contributed by atoms with Crippen LogP contribution in [0.3, 0.4) is 0 Å². The number of rotatable bonds is 7. The molecule has 5 nitrogen and oxygen atoms in total. The second kappa shape index (κ2) is 9.37. The Morgan fingerprint density at radius 2 is 1.59 bits per heavy atom. The Kier molecular flexibility index (Phi) is 6.43. The van der Waals surface area contributed by atoms with E-state index in [0.717, 1.165) is 11.1 Å². The molecule has 0 radical (unpaired) electrons. The molecule has 0 aliphatic rings. The van der Waals surface area contributed by atoms with Gasteiger partial charge < -0.3 is 15.2 Å². The van der Waals surface area contributed by atoms with Crippen molar-refractivity contribution in [2.24, 2.45) is 0 Å². The van der Waals surface area contributed by atoms with Crippen LogP contribution in [-0.4, -0.2) is 17.0 Å². The lowest BCUT2D eigenvalue weighted by molar-refractivity contribution is -0.132. The number of ether oxygens (including phenoxy) is 1. The van der Waals surface area contributed by atoms with E-state index in [0.29, 0.717) is 23.5 Å². The zero-order chi connectivity index (χ0) is 20.6. The number of nitrogens with one attached hydrogen (secondary N) is 1. The second-order valence-corrected chi connectivity index (χ2v) is 6.44. The van der Waals surface area contributed by atoms with E-state index in [4.69, 9.17) is 4.74 Å². The highest BCUT2D eigenvalue weighted by molar-refractivity contribution is 6.02. The summed E-state index contributed by atoms with van der Waals surface area (Å²) in [5.41, 5.74) is 2.87.